The molecule has 0 fully saturated rings. The average Bonchev–Trinajstić information content (AvgIpc) is 3.04. The van der Waals surface area contributed by atoms with Crippen LogP contribution in [0.5, 0.6) is 34.5 Å². The summed E-state index contributed by atoms with van der Waals surface area (Å²) >= 11 is 0. The Labute approximate surface area is 250 Å². The van der Waals surface area contributed by atoms with Crippen molar-refractivity contribution in [3.05, 3.63) is 182 Å². The van der Waals surface area contributed by atoms with E-state index in [1.165, 1.54) is 0 Å². The van der Waals surface area contributed by atoms with Crippen LogP contribution in [-0.2, 0) is 0 Å². The first-order chi connectivity index (χ1) is 21.1. The molecule has 0 radical (unpaired) electrons. The normalized spacial score (nSPS) is 12.6. The fourth-order valence-corrected chi connectivity index (χ4v) is 8.33. The van der Waals surface area contributed by atoms with E-state index in [0.717, 1.165) is 0 Å². The van der Waals surface area contributed by atoms with E-state index in [1.807, 2.05) is 109 Å². The van der Waals surface area contributed by atoms with Gasteiger partial charge < -0.3 is 0 Å². The maximum atomic E-state index is 7.02. The quantitative estimate of drug-likeness (QED) is 0.132. The van der Waals surface area contributed by atoms with Crippen LogP contribution >= 0.6 is 7.31 Å². The van der Waals surface area contributed by atoms with E-state index < -0.39 is 7.31 Å². The molecule has 0 aliphatic carbocycles. The van der Waals surface area contributed by atoms with Crippen molar-refractivity contribution < 1.29 is 27.1 Å². The first kappa shape index (κ1) is 27.7. The number of para-hydroxylation sites is 6. The van der Waals surface area contributed by atoms with Crippen LogP contribution in [0.3, 0.4) is 0 Å². The molecule has 0 spiro atoms. The Hall–Kier alpha value is -5.45. The minimum atomic E-state index is -6.70. The fourth-order valence-electron chi connectivity index (χ4n) is 4.46. The Balaban J connectivity index is 1.77. The fraction of sp³-hybridized carbons (Fsp3) is 0. The van der Waals surface area contributed by atoms with Gasteiger partial charge in [0, 0.05) is 0 Å². The molecule has 0 amide bonds. The molecule has 0 saturated heterocycles. The average molecular weight is 590 g/mol. The molecule has 0 bridgehead atoms. The zero-order valence-electron chi connectivity index (χ0n) is 23.2. The second kappa shape index (κ2) is 11.4. The molecule has 0 aliphatic heterocycles. The van der Waals surface area contributed by atoms with Crippen molar-refractivity contribution in [3.8, 4) is 34.5 Å². The van der Waals surface area contributed by atoms with E-state index >= 15 is 0 Å². The van der Waals surface area contributed by atoms with Gasteiger partial charge in [-0.2, -0.15) is 0 Å². The predicted octanol–water partition coefficient (Wildman–Crippen LogP) is 10.0. The number of rotatable bonds is 12. The third-order valence-electron chi connectivity index (χ3n) is 6.21. The third kappa shape index (κ3) is 6.10. The van der Waals surface area contributed by atoms with Gasteiger partial charge in [0.2, 0.25) is 0 Å². The Morgan fingerprint density at radius 1 is 0.209 bits per heavy atom. The molecule has 6 rings (SSSR count). The minimum absolute atomic E-state index is 0.313. The van der Waals surface area contributed by atoms with E-state index in [9.17, 15) is 0 Å². The molecular formula is C36H30O6P-. The topological polar surface area (TPSA) is 55.4 Å². The summed E-state index contributed by atoms with van der Waals surface area (Å²) in [6, 6.07) is 54.2. The first-order valence-electron chi connectivity index (χ1n) is 13.8. The summed E-state index contributed by atoms with van der Waals surface area (Å²) < 4.78 is 42.1. The SMILES string of the molecule is c1ccc(O[P-](Oc2ccccc2)(Oc2ccccc2)(Oc2ccccc2)(Oc2ccccc2)Oc2ccccc2)cc1. The van der Waals surface area contributed by atoms with Crippen LogP contribution in [0.2, 0.25) is 0 Å². The van der Waals surface area contributed by atoms with Crippen molar-refractivity contribution in [1.29, 1.82) is 0 Å². The van der Waals surface area contributed by atoms with Gasteiger partial charge in [0.05, 0.1) is 0 Å². The molecule has 0 atom stereocenters. The summed E-state index contributed by atoms with van der Waals surface area (Å²) in [6.45, 7) is 0. The number of benzene rings is 6. The van der Waals surface area contributed by atoms with Crippen molar-refractivity contribution in [2.45, 2.75) is 0 Å². The van der Waals surface area contributed by atoms with Crippen molar-refractivity contribution in [1.82, 2.24) is 0 Å². The molecule has 0 unspecified atom stereocenters. The summed E-state index contributed by atoms with van der Waals surface area (Å²) in [5.41, 5.74) is 0. The van der Waals surface area contributed by atoms with Gasteiger partial charge in [0.25, 0.3) is 0 Å². The van der Waals surface area contributed by atoms with E-state index in [1.54, 1.807) is 72.8 Å². The van der Waals surface area contributed by atoms with Crippen LogP contribution in [-0.4, -0.2) is 0 Å². The standard InChI is InChI=1S/C36H30O6P/c1-7-19-31(20-8-1)37-43(38-32-21-9-2-10-22-32,39-33-23-11-3-12-24-33,40-34-25-13-4-14-26-34,41-35-27-15-5-16-28-35)42-36-29-17-6-18-30-36/h1-30H/q-1. The maximum absolute atomic E-state index is 7.02. The molecule has 0 aromatic heterocycles. The zero-order valence-corrected chi connectivity index (χ0v) is 24.1. The summed E-state index contributed by atoms with van der Waals surface area (Å²) in [6.07, 6.45) is 0. The monoisotopic (exact) mass is 589 g/mol. The molecule has 7 heteroatoms. The van der Waals surface area contributed by atoms with Crippen LogP contribution in [0.25, 0.3) is 0 Å². The van der Waals surface area contributed by atoms with Crippen LogP contribution in [0, 0.1) is 0 Å². The Morgan fingerprint density at radius 3 is 0.488 bits per heavy atom. The summed E-state index contributed by atoms with van der Waals surface area (Å²) in [5.74, 6) is 1.88. The van der Waals surface area contributed by atoms with Gasteiger partial charge in [-0.25, -0.2) is 0 Å². The van der Waals surface area contributed by atoms with Crippen molar-refractivity contribution in [2.24, 2.45) is 0 Å². The van der Waals surface area contributed by atoms with Gasteiger partial charge in [-0.05, 0) is 0 Å². The van der Waals surface area contributed by atoms with Gasteiger partial charge in [0.1, 0.15) is 0 Å². The third-order valence-corrected chi connectivity index (χ3v) is 9.71. The van der Waals surface area contributed by atoms with Crippen LogP contribution in [0.1, 0.15) is 0 Å². The van der Waals surface area contributed by atoms with Gasteiger partial charge in [0.15, 0.2) is 0 Å². The van der Waals surface area contributed by atoms with Gasteiger partial charge in [-0.15, -0.1) is 0 Å². The molecule has 0 saturated carbocycles. The Bertz CT molecular complexity index is 1380. The molecule has 43 heavy (non-hydrogen) atoms. The molecule has 0 N–H and O–H groups in total. The zero-order chi connectivity index (χ0) is 29.3. The summed E-state index contributed by atoms with van der Waals surface area (Å²) in [5, 5.41) is 0. The van der Waals surface area contributed by atoms with Crippen LogP contribution < -0.4 is 27.1 Å². The summed E-state index contributed by atoms with van der Waals surface area (Å²) in [4.78, 5) is 0. The molecule has 6 aromatic rings. The number of hydrogen-bond donors (Lipinski definition) is 0. The molecular weight excluding hydrogens is 559 g/mol. The predicted molar refractivity (Wildman–Crippen MR) is 169 cm³/mol. The van der Waals surface area contributed by atoms with Crippen LogP contribution in [0.15, 0.2) is 182 Å². The van der Waals surface area contributed by atoms with Crippen molar-refractivity contribution >= 4 is 7.31 Å². The van der Waals surface area contributed by atoms with E-state index in [0.29, 0.717) is 34.5 Å². The van der Waals surface area contributed by atoms with E-state index in [2.05, 4.69) is 0 Å². The van der Waals surface area contributed by atoms with E-state index in [-0.39, 0.29) is 0 Å². The second-order valence-corrected chi connectivity index (χ2v) is 12.9. The Morgan fingerprint density at radius 2 is 0.349 bits per heavy atom. The van der Waals surface area contributed by atoms with Crippen molar-refractivity contribution in [2.75, 3.05) is 0 Å². The second-order valence-electron chi connectivity index (χ2n) is 9.54. The molecule has 0 aliphatic rings. The molecule has 6 aromatic carbocycles. The van der Waals surface area contributed by atoms with E-state index in [4.69, 9.17) is 27.1 Å². The van der Waals surface area contributed by atoms with Gasteiger partial charge >= 0.3 is 251 Å². The first-order valence-corrected chi connectivity index (χ1v) is 16.0. The summed E-state index contributed by atoms with van der Waals surface area (Å²) in [7, 11) is -6.70. The van der Waals surface area contributed by atoms with Crippen molar-refractivity contribution in [3.63, 3.8) is 0 Å². The van der Waals surface area contributed by atoms with Gasteiger partial charge in [-0.3, -0.25) is 0 Å². The molecule has 216 valence electrons. The van der Waals surface area contributed by atoms with Gasteiger partial charge in [-0.1, -0.05) is 0 Å². The number of hydrogen-bond acceptors (Lipinski definition) is 6. The van der Waals surface area contributed by atoms with Crippen LogP contribution in [0.4, 0.5) is 0 Å². The Kier molecular flexibility index (Phi) is 7.37. The molecule has 0 heterocycles. The molecule has 6 nitrogen and oxygen atoms in total.